The Bertz CT molecular complexity index is 4380. The van der Waals surface area contributed by atoms with Crippen LogP contribution in [0.15, 0.2) is 176 Å². The second kappa shape index (κ2) is 28.1. The van der Waals surface area contributed by atoms with Crippen LogP contribution in [0.3, 0.4) is 0 Å². The molecule has 0 radical (unpaired) electrons. The maximum atomic E-state index is 14.2. The second-order valence-corrected chi connectivity index (χ2v) is 22.5. The first kappa shape index (κ1) is 59.1. The van der Waals surface area contributed by atoms with Crippen molar-refractivity contribution in [3.63, 3.8) is 0 Å². The minimum absolute atomic E-state index is 0.241. The van der Waals surface area contributed by atoms with E-state index in [0.717, 1.165) is 84.9 Å². The molecule has 0 bridgehead atoms. The lowest BCUT2D eigenvalue weighted by Gasteiger charge is -2.21. The van der Waals surface area contributed by atoms with Crippen molar-refractivity contribution in [2.24, 2.45) is 16.8 Å². The van der Waals surface area contributed by atoms with Gasteiger partial charge in [-0.05, 0) is 133 Å². The van der Waals surface area contributed by atoms with Gasteiger partial charge in [0.25, 0.3) is 0 Å². The van der Waals surface area contributed by atoms with Gasteiger partial charge in [0, 0.05) is 114 Å². The number of halogens is 2. The molecule has 1 aliphatic heterocycles. The first-order chi connectivity index (χ1) is 43.8. The third kappa shape index (κ3) is 13.8. The summed E-state index contributed by atoms with van der Waals surface area (Å²) in [4.78, 5) is 56.8. The highest BCUT2D eigenvalue weighted by atomic mass is 79.9. The van der Waals surface area contributed by atoms with Crippen molar-refractivity contribution in [1.29, 1.82) is 0 Å². The zero-order chi connectivity index (χ0) is 60.9. The number of hydrogen-bond acceptors (Lipinski definition) is 18. The molecule has 3 aliphatic rings. The average molecular weight is 1250 g/mol. The molecule has 20 nitrogen and oxygen atoms in total. The van der Waals surface area contributed by atoms with Crippen molar-refractivity contribution in [3.8, 4) is 56.4 Å². The van der Waals surface area contributed by atoms with E-state index in [0.29, 0.717) is 64.3 Å². The lowest BCUT2D eigenvalue weighted by Crippen LogP contribution is -2.15. The lowest BCUT2D eigenvalue weighted by atomic mass is 9.89. The van der Waals surface area contributed by atoms with Crippen molar-refractivity contribution in [2.75, 3.05) is 22.5 Å². The topological polar surface area (TPSA) is 281 Å². The fraction of sp³-hybridized carbons (Fsp3) is 0.239. The van der Waals surface area contributed by atoms with Crippen molar-refractivity contribution in [2.45, 2.75) is 83.8 Å². The fourth-order valence-corrected chi connectivity index (χ4v) is 12.0. The van der Waals surface area contributed by atoms with Crippen LogP contribution in [-0.4, -0.2) is 90.4 Å². The maximum absolute atomic E-state index is 14.2. The number of aliphatic imine (C=N–C) groups is 1. The summed E-state index contributed by atoms with van der Waals surface area (Å²) in [6.45, 7) is 1.68. The van der Waals surface area contributed by atoms with Crippen LogP contribution in [0.5, 0.6) is 0 Å². The zero-order valence-corrected chi connectivity index (χ0v) is 50.4. The summed E-state index contributed by atoms with van der Waals surface area (Å²) in [7, 11) is 0. The minimum Gasteiger partial charge on any atom is -0.383 e. The normalized spacial score (nSPS) is 13.9. The molecule has 0 unspecified atom stereocenters. The van der Waals surface area contributed by atoms with Crippen LogP contribution in [0.4, 0.5) is 21.8 Å². The first-order valence-corrected chi connectivity index (χ1v) is 30.9. The summed E-state index contributed by atoms with van der Waals surface area (Å²) in [5, 5.41) is 12.5. The molecule has 22 heteroatoms. The van der Waals surface area contributed by atoms with E-state index in [9.17, 15) is 4.39 Å². The van der Waals surface area contributed by atoms with Gasteiger partial charge >= 0.3 is 0 Å². The van der Waals surface area contributed by atoms with E-state index in [4.69, 9.17) is 22.3 Å². The van der Waals surface area contributed by atoms with E-state index >= 15 is 0 Å². The summed E-state index contributed by atoms with van der Waals surface area (Å²) in [5.74, 6) is 4.01. The lowest BCUT2D eigenvalue weighted by molar-refractivity contribution is 0.311. The van der Waals surface area contributed by atoms with Crippen molar-refractivity contribution in [3.05, 3.63) is 200 Å². The highest BCUT2D eigenvalue weighted by Gasteiger charge is 2.24. The largest absolute Gasteiger partial charge is 0.383 e. The average Bonchev–Trinajstić information content (AvgIpc) is 2.58. The molecular weight excluding hydrogens is 1180 g/mol. The summed E-state index contributed by atoms with van der Waals surface area (Å²) in [6.07, 6.45) is 34.5. The van der Waals surface area contributed by atoms with E-state index in [1.165, 1.54) is 75.6 Å². The standard InChI is InChI=1S/C22H16FN7.C22H23N7.C16H12N6.C7H13Br/c23-18-6-2-1-4-15(18)13-30-22-16(5-3-9-26-22)19(29-30)21-27-12-17(20(24)28-21)14-7-10-25-11-8-14;23-20-18(16-8-11-24-12-9-16)13-26-21(27-20)19-17-7-4-10-25-22(17)29(28-19)14-15-5-2-1-3-6-15;17-15-12(10-3-6-18-7-4-10)8-21-16(22-15)14-11-2-1-5-19-13(11)9-20-14;8-6-7-4-2-1-3-5-7/h1-12H,13H2,(H2,24,27,28);4,7-13,15H,1-3,5-6,14H2,(H2,23,26,27);1-8H,9H2,(H2,17,21,22);7H,1-6H2. The van der Waals surface area contributed by atoms with E-state index < -0.39 is 0 Å². The fourth-order valence-electron chi connectivity index (χ4n) is 11.3. The van der Waals surface area contributed by atoms with Crippen LogP contribution in [0, 0.1) is 17.7 Å². The Morgan fingerprint density at radius 3 is 1.43 bits per heavy atom. The molecular formula is C67H64BrFN20. The Labute approximate surface area is 521 Å². The number of anilines is 3. The van der Waals surface area contributed by atoms with E-state index in [1.54, 1.807) is 91.0 Å². The molecule has 1 aromatic carbocycles. The molecule has 12 aromatic rings. The number of alkyl halides is 1. The van der Waals surface area contributed by atoms with Gasteiger partial charge in [0.15, 0.2) is 28.8 Å². The third-order valence-electron chi connectivity index (χ3n) is 16.0. The van der Waals surface area contributed by atoms with Gasteiger partial charge in [-0.25, -0.2) is 53.6 Å². The van der Waals surface area contributed by atoms with Gasteiger partial charge in [-0.1, -0.05) is 72.7 Å². The number of nitrogen functional groups attached to an aromatic ring is 3. The van der Waals surface area contributed by atoms with Crippen LogP contribution in [0.1, 0.15) is 86.9 Å². The Morgan fingerprint density at radius 2 is 0.921 bits per heavy atom. The predicted octanol–water partition coefficient (Wildman–Crippen LogP) is 12.7. The number of fused-ring (bicyclic) bond motifs is 3. The summed E-state index contributed by atoms with van der Waals surface area (Å²) < 4.78 is 17.8. The number of nitrogens with two attached hydrogens (primary N) is 3. The summed E-state index contributed by atoms with van der Waals surface area (Å²) in [6, 6.07) is 29.3. The van der Waals surface area contributed by atoms with Crippen molar-refractivity contribution in [1.82, 2.24) is 79.4 Å². The number of pyridine rings is 6. The monoisotopic (exact) mass is 1250 g/mol. The highest BCUT2D eigenvalue weighted by molar-refractivity contribution is 9.09. The SMILES string of the molecule is BrCC1CCCCC1.Nc1nc(-c2nn(CC3CCCCC3)c3ncccc23)ncc1-c1ccncc1.Nc1nc(-c2nn(Cc3ccccc3F)c3ncccc23)ncc1-c1ccncc1.Nc1nc(C2=NCc3ncccc32)ncc1-c1ccncc1. The smallest absolute Gasteiger partial charge is 0.182 e. The molecule has 0 spiro atoms. The molecule has 11 aromatic heterocycles. The molecule has 15 rings (SSSR count). The molecule has 2 fully saturated rings. The minimum atomic E-state index is -0.291. The van der Waals surface area contributed by atoms with Crippen LogP contribution in [-0.2, 0) is 19.6 Å². The van der Waals surface area contributed by atoms with E-state index in [-0.39, 0.29) is 12.4 Å². The predicted molar refractivity (Wildman–Crippen MR) is 348 cm³/mol. The number of hydrogen-bond donors (Lipinski definition) is 3. The highest BCUT2D eigenvalue weighted by Crippen LogP contribution is 2.33. The molecule has 0 saturated heterocycles. The molecule has 0 atom stereocenters. The maximum Gasteiger partial charge on any atom is 0.182 e. The van der Waals surface area contributed by atoms with Gasteiger partial charge in [-0.3, -0.25) is 24.9 Å². The van der Waals surface area contributed by atoms with E-state index in [1.807, 2.05) is 83.7 Å². The second-order valence-electron chi connectivity index (χ2n) is 21.9. The molecule has 2 saturated carbocycles. The molecule has 0 amide bonds. The van der Waals surface area contributed by atoms with E-state index in [2.05, 4.69) is 85.8 Å². The van der Waals surface area contributed by atoms with Crippen LogP contribution in [0.25, 0.3) is 78.5 Å². The van der Waals surface area contributed by atoms with Crippen LogP contribution < -0.4 is 17.2 Å². The van der Waals surface area contributed by atoms with Crippen molar-refractivity contribution >= 4 is 61.2 Å². The molecule has 89 heavy (non-hydrogen) atoms. The van der Waals surface area contributed by atoms with Gasteiger partial charge < -0.3 is 17.2 Å². The number of aromatic nitrogens is 16. The Morgan fingerprint density at radius 1 is 0.461 bits per heavy atom. The van der Waals surface area contributed by atoms with Crippen molar-refractivity contribution < 1.29 is 4.39 Å². The van der Waals surface area contributed by atoms with Crippen LogP contribution in [0.2, 0.25) is 0 Å². The first-order valence-electron chi connectivity index (χ1n) is 29.8. The van der Waals surface area contributed by atoms with Gasteiger partial charge in [-0.2, -0.15) is 10.2 Å². The Balaban J connectivity index is 0.000000123. The zero-order valence-electron chi connectivity index (χ0n) is 48.8. The molecule has 6 N–H and O–H groups in total. The van der Waals surface area contributed by atoms with Gasteiger partial charge in [0.1, 0.15) is 40.4 Å². The van der Waals surface area contributed by atoms with Gasteiger partial charge in [0.05, 0.1) is 29.6 Å². The van der Waals surface area contributed by atoms with Gasteiger partial charge in [0.2, 0.25) is 0 Å². The summed E-state index contributed by atoms with van der Waals surface area (Å²) >= 11 is 3.51. The Hall–Kier alpha value is -10.2. The van der Waals surface area contributed by atoms with Gasteiger partial charge in [-0.15, -0.1) is 0 Å². The van der Waals surface area contributed by atoms with Crippen LogP contribution >= 0.6 is 15.9 Å². The number of benzene rings is 1. The number of rotatable bonds is 11. The molecule has 2 aliphatic carbocycles. The summed E-state index contributed by atoms with van der Waals surface area (Å²) in [5.41, 5.74) is 29.6. The number of nitrogens with zero attached hydrogens (tertiary/aromatic N) is 17. The Kier molecular flexibility index (Phi) is 18.7. The molecule has 12 heterocycles. The molecule has 446 valence electrons. The quantitative estimate of drug-likeness (QED) is 0.101. The third-order valence-corrected chi connectivity index (χ3v) is 16.9.